The van der Waals surface area contributed by atoms with Crippen molar-refractivity contribution in [1.82, 2.24) is 10.2 Å². The van der Waals surface area contributed by atoms with Gasteiger partial charge in [0.05, 0.1) is 10.6 Å². The number of benzene rings is 1. The highest BCUT2D eigenvalue weighted by atomic mass is 35.5. The second-order valence-electron chi connectivity index (χ2n) is 5.96. The van der Waals surface area contributed by atoms with Gasteiger partial charge < -0.3 is 15.5 Å². The van der Waals surface area contributed by atoms with E-state index in [9.17, 15) is 9.59 Å². The average Bonchev–Trinajstić information content (AvgIpc) is 2.48. The fourth-order valence-corrected chi connectivity index (χ4v) is 2.82. The maximum atomic E-state index is 12.3. The molecule has 0 radical (unpaired) electrons. The third-order valence-electron chi connectivity index (χ3n) is 3.86. The van der Waals surface area contributed by atoms with Crippen LogP contribution in [0.5, 0.6) is 0 Å². The number of hydrogen-bond donors (Lipinski definition) is 2. The number of carbonyl (C=O) groups excluding carboxylic acids is 2. The molecule has 1 aliphatic rings. The van der Waals surface area contributed by atoms with E-state index in [0.29, 0.717) is 22.3 Å². The summed E-state index contributed by atoms with van der Waals surface area (Å²) in [5.41, 5.74) is 0.994. The Kier molecular flexibility index (Phi) is 5.42. The Morgan fingerprint density at radius 1 is 1.36 bits per heavy atom. The molecule has 1 fully saturated rings. The summed E-state index contributed by atoms with van der Waals surface area (Å²) in [6.07, 6.45) is 1.65. The first kappa shape index (κ1) is 16.8. The van der Waals surface area contributed by atoms with Crippen molar-refractivity contribution in [3.05, 3.63) is 28.8 Å². The molecule has 0 spiro atoms. The van der Waals surface area contributed by atoms with Gasteiger partial charge in [-0.2, -0.15) is 0 Å². The Morgan fingerprint density at radius 3 is 2.73 bits per heavy atom. The van der Waals surface area contributed by atoms with Crippen molar-refractivity contribution >= 4 is 29.1 Å². The second kappa shape index (κ2) is 7.11. The third-order valence-corrected chi connectivity index (χ3v) is 4.19. The van der Waals surface area contributed by atoms with E-state index < -0.39 is 0 Å². The molecule has 0 aliphatic carbocycles. The molecule has 2 atom stereocenters. The van der Waals surface area contributed by atoms with Crippen molar-refractivity contribution in [1.29, 1.82) is 0 Å². The van der Waals surface area contributed by atoms with E-state index >= 15 is 0 Å². The van der Waals surface area contributed by atoms with E-state index in [2.05, 4.69) is 17.6 Å². The molecule has 0 bridgehead atoms. The molecule has 2 rings (SSSR count). The number of rotatable bonds is 3. The molecule has 0 unspecified atom stereocenters. The Morgan fingerprint density at radius 2 is 2.09 bits per heavy atom. The molecule has 2 N–H and O–H groups in total. The van der Waals surface area contributed by atoms with Gasteiger partial charge in [0.2, 0.25) is 5.91 Å². The van der Waals surface area contributed by atoms with Crippen LogP contribution >= 0.6 is 11.6 Å². The van der Waals surface area contributed by atoms with Gasteiger partial charge in [-0.25, -0.2) is 0 Å². The molecule has 0 saturated carbocycles. The van der Waals surface area contributed by atoms with E-state index in [4.69, 9.17) is 11.6 Å². The summed E-state index contributed by atoms with van der Waals surface area (Å²) < 4.78 is 0. The summed E-state index contributed by atoms with van der Waals surface area (Å²) in [5, 5.41) is 6.61. The van der Waals surface area contributed by atoms with Crippen LogP contribution in [-0.2, 0) is 4.79 Å². The molecule has 1 aliphatic heterocycles. The zero-order valence-electron chi connectivity index (χ0n) is 13.1. The molecule has 1 heterocycles. The minimum atomic E-state index is -0.184. The van der Waals surface area contributed by atoms with Gasteiger partial charge in [0, 0.05) is 31.7 Å². The van der Waals surface area contributed by atoms with Crippen molar-refractivity contribution in [2.24, 2.45) is 5.92 Å². The molecule has 1 saturated heterocycles. The van der Waals surface area contributed by atoms with Crippen LogP contribution in [0.15, 0.2) is 18.2 Å². The first-order valence-corrected chi connectivity index (χ1v) is 7.81. The van der Waals surface area contributed by atoms with E-state index in [1.54, 1.807) is 32.3 Å². The molecule has 1 aromatic carbocycles. The normalized spacial score (nSPS) is 21.3. The van der Waals surface area contributed by atoms with Crippen LogP contribution in [0.1, 0.15) is 30.1 Å². The van der Waals surface area contributed by atoms with Gasteiger partial charge in [0.25, 0.3) is 5.91 Å². The summed E-state index contributed by atoms with van der Waals surface area (Å²) in [5.74, 6) is -0.185. The molecule has 2 amide bonds. The highest BCUT2D eigenvalue weighted by Gasteiger charge is 2.25. The van der Waals surface area contributed by atoms with Crippen LogP contribution in [-0.4, -0.2) is 43.4 Å². The van der Waals surface area contributed by atoms with Crippen molar-refractivity contribution in [3.8, 4) is 0 Å². The predicted molar refractivity (Wildman–Crippen MR) is 88.3 cm³/mol. The molecular weight excluding hydrogens is 302 g/mol. The van der Waals surface area contributed by atoms with Gasteiger partial charge in [0.1, 0.15) is 0 Å². The Labute approximate surface area is 136 Å². The minimum Gasteiger partial charge on any atom is -0.345 e. The summed E-state index contributed by atoms with van der Waals surface area (Å²) in [6.45, 7) is 2.93. The van der Waals surface area contributed by atoms with Crippen LogP contribution in [0.25, 0.3) is 0 Å². The van der Waals surface area contributed by atoms with Gasteiger partial charge in [-0.1, -0.05) is 11.6 Å². The summed E-state index contributed by atoms with van der Waals surface area (Å²) in [7, 11) is 3.33. The first-order chi connectivity index (χ1) is 10.4. The zero-order chi connectivity index (χ0) is 16.3. The Bertz CT molecular complexity index is 575. The third kappa shape index (κ3) is 3.99. The summed E-state index contributed by atoms with van der Waals surface area (Å²) in [6, 6.07) is 5.34. The number of nitrogens with one attached hydrogen (secondary N) is 2. The Balaban J connectivity index is 2.11. The van der Waals surface area contributed by atoms with Gasteiger partial charge in [-0.3, -0.25) is 9.59 Å². The highest BCUT2D eigenvalue weighted by Crippen LogP contribution is 2.23. The fraction of sp³-hybridized carbons (Fsp3) is 0.500. The number of carbonyl (C=O) groups is 2. The van der Waals surface area contributed by atoms with Crippen molar-refractivity contribution < 1.29 is 9.59 Å². The van der Waals surface area contributed by atoms with Crippen molar-refractivity contribution in [2.75, 3.05) is 26.0 Å². The smallest absolute Gasteiger partial charge is 0.254 e. The van der Waals surface area contributed by atoms with Crippen LogP contribution in [0, 0.1) is 5.92 Å². The molecule has 120 valence electrons. The lowest BCUT2D eigenvalue weighted by atomic mass is 9.92. The molecular formula is C16H22ClN3O2. The maximum absolute atomic E-state index is 12.3. The first-order valence-electron chi connectivity index (χ1n) is 7.44. The largest absolute Gasteiger partial charge is 0.345 e. The highest BCUT2D eigenvalue weighted by molar-refractivity contribution is 6.34. The summed E-state index contributed by atoms with van der Waals surface area (Å²) in [4.78, 5) is 25.9. The number of amides is 2. The molecule has 22 heavy (non-hydrogen) atoms. The lowest BCUT2D eigenvalue weighted by Crippen LogP contribution is -2.40. The fourth-order valence-electron chi connectivity index (χ4n) is 2.62. The second-order valence-corrected chi connectivity index (χ2v) is 6.37. The van der Waals surface area contributed by atoms with Crippen LogP contribution < -0.4 is 10.6 Å². The van der Waals surface area contributed by atoms with Crippen LogP contribution in [0.4, 0.5) is 5.69 Å². The molecule has 0 aromatic heterocycles. The van der Waals surface area contributed by atoms with Gasteiger partial charge >= 0.3 is 0 Å². The quantitative estimate of drug-likeness (QED) is 0.897. The van der Waals surface area contributed by atoms with Crippen molar-refractivity contribution in [3.63, 3.8) is 0 Å². The lowest BCUT2D eigenvalue weighted by molar-refractivity contribution is -0.120. The zero-order valence-corrected chi connectivity index (χ0v) is 13.9. The monoisotopic (exact) mass is 323 g/mol. The topological polar surface area (TPSA) is 61.4 Å². The van der Waals surface area contributed by atoms with Gasteiger partial charge in [-0.05, 0) is 44.5 Å². The lowest BCUT2D eigenvalue weighted by Gasteiger charge is -2.27. The molecule has 6 heteroatoms. The average molecular weight is 324 g/mol. The van der Waals surface area contributed by atoms with E-state index in [1.165, 1.54) is 4.90 Å². The van der Waals surface area contributed by atoms with Crippen LogP contribution in [0.3, 0.4) is 0 Å². The molecule has 5 nitrogen and oxygen atoms in total. The predicted octanol–water partition coefficient (Wildman–Crippen LogP) is 2.37. The standard InChI is InChI=1S/C16H22ClN3O2/c1-10-8-11(6-7-18-10)15(21)19-12-4-5-14(17)13(9-12)16(22)20(2)3/h4-5,9-11,18H,6-8H2,1-3H3,(H,19,21)/t10-,11-/m0/s1. The van der Waals surface area contributed by atoms with Gasteiger partial charge in [-0.15, -0.1) is 0 Å². The van der Waals surface area contributed by atoms with Gasteiger partial charge in [0.15, 0.2) is 0 Å². The van der Waals surface area contributed by atoms with Crippen molar-refractivity contribution in [2.45, 2.75) is 25.8 Å². The maximum Gasteiger partial charge on any atom is 0.254 e. The SMILES string of the molecule is C[C@H]1C[C@@H](C(=O)Nc2ccc(Cl)c(C(=O)N(C)C)c2)CCN1. The molecule has 1 aromatic rings. The number of halogens is 1. The number of hydrogen-bond acceptors (Lipinski definition) is 3. The number of anilines is 1. The van der Waals surface area contributed by atoms with E-state index in [0.717, 1.165) is 19.4 Å². The number of nitrogens with zero attached hydrogens (tertiary/aromatic N) is 1. The van der Waals surface area contributed by atoms with E-state index in [-0.39, 0.29) is 17.7 Å². The number of piperidine rings is 1. The van der Waals surface area contributed by atoms with Crippen LogP contribution in [0.2, 0.25) is 5.02 Å². The Hall–Kier alpha value is -1.59. The summed E-state index contributed by atoms with van der Waals surface area (Å²) >= 11 is 6.07. The minimum absolute atomic E-state index is 0.0000663. The van der Waals surface area contributed by atoms with E-state index in [1.807, 2.05) is 0 Å².